The maximum absolute atomic E-state index is 5.77. The summed E-state index contributed by atoms with van der Waals surface area (Å²) >= 11 is 0. The second-order valence-corrected chi connectivity index (χ2v) is 4.36. The first-order valence-electron chi connectivity index (χ1n) is 5.88. The fourth-order valence-electron chi connectivity index (χ4n) is 2.32. The highest BCUT2D eigenvalue weighted by atomic mass is 16.5. The molecule has 2 atom stereocenters. The quantitative estimate of drug-likeness (QED) is 0.699. The van der Waals surface area contributed by atoms with Gasteiger partial charge in [0, 0.05) is 17.7 Å². The molecule has 1 aliphatic heterocycles. The summed E-state index contributed by atoms with van der Waals surface area (Å²) < 4.78 is 7.71. The van der Waals surface area contributed by atoms with Crippen LogP contribution in [0.2, 0.25) is 0 Å². The van der Waals surface area contributed by atoms with Gasteiger partial charge in [0.15, 0.2) is 6.23 Å². The van der Waals surface area contributed by atoms with Crippen LogP contribution >= 0.6 is 0 Å². The summed E-state index contributed by atoms with van der Waals surface area (Å²) in [6.07, 6.45) is 9.15. The second kappa shape index (κ2) is 4.23. The van der Waals surface area contributed by atoms with Crippen LogP contribution < -0.4 is 0 Å². The lowest BCUT2D eigenvalue weighted by atomic mass is 10.00. The molecule has 0 bridgehead atoms. The van der Waals surface area contributed by atoms with Gasteiger partial charge in [-0.3, -0.25) is 0 Å². The molecule has 2 unspecified atom stereocenters. The van der Waals surface area contributed by atoms with E-state index in [4.69, 9.17) is 11.2 Å². The second-order valence-electron chi connectivity index (χ2n) is 4.36. The van der Waals surface area contributed by atoms with Gasteiger partial charge in [-0.15, -0.1) is 12.3 Å². The maximum Gasteiger partial charge on any atom is 0.152 e. The third kappa shape index (κ3) is 1.81. The van der Waals surface area contributed by atoms with Gasteiger partial charge < -0.3 is 4.74 Å². The first-order valence-corrected chi connectivity index (χ1v) is 5.88. The molecule has 3 heteroatoms. The van der Waals surface area contributed by atoms with E-state index in [9.17, 15) is 0 Å². The number of ether oxygens (including phenoxy) is 1. The molecule has 3 nitrogen and oxygen atoms in total. The van der Waals surface area contributed by atoms with Gasteiger partial charge >= 0.3 is 0 Å². The minimum absolute atomic E-state index is 0.0234. The highest BCUT2D eigenvalue weighted by molar-refractivity contribution is 5.78. The molecule has 1 aromatic heterocycles. The van der Waals surface area contributed by atoms with E-state index >= 15 is 0 Å². The van der Waals surface area contributed by atoms with Gasteiger partial charge in [0.05, 0.1) is 18.3 Å². The van der Waals surface area contributed by atoms with Gasteiger partial charge in [-0.05, 0) is 12.5 Å². The predicted octanol–water partition coefficient (Wildman–Crippen LogP) is 2.59. The van der Waals surface area contributed by atoms with Gasteiger partial charge in [0.25, 0.3) is 0 Å². The van der Waals surface area contributed by atoms with E-state index < -0.39 is 0 Å². The Morgan fingerprint density at radius 2 is 2.29 bits per heavy atom. The number of hydrogen-bond donors (Lipinski definition) is 0. The SMILES string of the molecule is C#CC1CCOC(n2ncc3ccccc32)C1. The average molecular weight is 226 g/mol. The monoisotopic (exact) mass is 226 g/mol. The van der Waals surface area contributed by atoms with Crippen molar-refractivity contribution in [1.82, 2.24) is 9.78 Å². The van der Waals surface area contributed by atoms with Crippen molar-refractivity contribution >= 4 is 10.9 Å². The van der Waals surface area contributed by atoms with Crippen LogP contribution in [0.4, 0.5) is 0 Å². The van der Waals surface area contributed by atoms with Crippen molar-refractivity contribution in [2.24, 2.45) is 5.92 Å². The van der Waals surface area contributed by atoms with Crippen LogP contribution in [0.5, 0.6) is 0 Å². The Morgan fingerprint density at radius 3 is 3.18 bits per heavy atom. The van der Waals surface area contributed by atoms with Crippen LogP contribution in [0.25, 0.3) is 10.9 Å². The molecule has 3 rings (SSSR count). The molecule has 1 fully saturated rings. The Hall–Kier alpha value is -1.79. The largest absolute Gasteiger partial charge is 0.356 e. The van der Waals surface area contributed by atoms with Crippen molar-refractivity contribution in [3.05, 3.63) is 30.5 Å². The third-order valence-electron chi connectivity index (χ3n) is 3.28. The Bertz CT molecular complexity index is 567. The molecule has 0 radical (unpaired) electrons. The highest BCUT2D eigenvalue weighted by Gasteiger charge is 2.23. The summed E-state index contributed by atoms with van der Waals surface area (Å²) in [4.78, 5) is 0. The van der Waals surface area contributed by atoms with Crippen LogP contribution in [-0.4, -0.2) is 16.4 Å². The lowest BCUT2D eigenvalue weighted by Gasteiger charge is -2.27. The van der Waals surface area contributed by atoms with E-state index in [1.54, 1.807) is 0 Å². The zero-order chi connectivity index (χ0) is 11.7. The third-order valence-corrected chi connectivity index (χ3v) is 3.28. The number of terminal acetylenes is 1. The van der Waals surface area contributed by atoms with Crippen molar-refractivity contribution in [2.75, 3.05) is 6.61 Å². The maximum atomic E-state index is 5.77. The van der Waals surface area contributed by atoms with Gasteiger partial charge in [-0.25, -0.2) is 4.68 Å². The van der Waals surface area contributed by atoms with E-state index in [-0.39, 0.29) is 6.23 Å². The van der Waals surface area contributed by atoms with E-state index in [2.05, 4.69) is 23.2 Å². The first kappa shape index (κ1) is 10.4. The van der Waals surface area contributed by atoms with E-state index in [0.717, 1.165) is 23.7 Å². The zero-order valence-corrected chi connectivity index (χ0v) is 9.54. The standard InChI is InChI=1S/C14H14N2O/c1-2-11-7-8-17-14(9-11)16-13-6-4-3-5-12(13)10-15-16/h1,3-6,10-11,14H,7-9H2. The summed E-state index contributed by atoms with van der Waals surface area (Å²) in [5.41, 5.74) is 1.11. The molecule has 0 N–H and O–H groups in total. The zero-order valence-electron chi connectivity index (χ0n) is 9.54. The minimum atomic E-state index is -0.0234. The van der Waals surface area contributed by atoms with Gasteiger partial charge in [-0.1, -0.05) is 18.2 Å². The Morgan fingerprint density at radius 1 is 1.41 bits per heavy atom. The summed E-state index contributed by atoms with van der Waals surface area (Å²) in [5.74, 6) is 3.13. The summed E-state index contributed by atoms with van der Waals surface area (Å²) in [5, 5.41) is 5.55. The lowest BCUT2D eigenvalue weighted by molar-refractivity contribution is -0.0486. The Labute approximate surface area is 100 Å². The van der Waals surface area contributed by atoms with Crippen molar-refractivity contribution < 1.29 is 4.74 Å². The number of hydrogen-bond acceptors (Lipinski definition) is 2. The number of fused-ring (bicyclic) bond motifs is 1. The summed E-state index contributed by atoms with van der Waals surface area (Å²) in [6.45, 7) is 0.716. The fraction of sp³-hybridized carbons (Fsp3) is 0.357. The molecule has 0 aliphatic carbocycles. The topological polar surface area (TPSA) is 27.1 Å². The van der Waals surface area contributed by atoms with E-state index in [0.29, 0.717) is 12.5 Å². The number of nitrogens with zero attached hydrogens (tertiary/aromatic N) is 2. The number of aromatic nitrogens is 2. The number of rotatable bonds is 1. The average Bonchev–Trinajstić information content (AvgIpc) is 2.82. The molecule has 0 saturated carbocycles. The molecule has 17 heavy (non-hydrogen) atoms. The van der Waals surface area contributed by atoms with Gasteiger partial charge in [-0.2, -0.15) is 5.10 Å². The number of benzene rings is 1. The molecule has 2 heterocycles. The van der Waals surface area contributed by atoms with Crippen molar-refractivity contribution in [2.45, 2.75) is 19.1 Å². The van der Waals surface area contributed by atoms with Crippen molar-refractivity contribution in [3.8, 4) is 12.3 Å². The normalized spacial score (nSPS) is 24.6. The van der Waals surface area contributed by atoms with Crippen molar-refractivity contribution in [3.63, 3.8) is 0 Å². The number of para-hydroxylation sites is 1. The Balaban J connectivity index is 1.96. The van der Waals surface area contributed by atoms with Crippen LogP contribution in [0.15, 0.2) is 30.5 Å². The molecule has 0 spiro atoms. The van der Waals surface area contributed by atoms with Crippen LogP contribution in [0.3, 0.4) is 0 Å². The van der Waals surface area contributed by atoms with Gasteiger partial charge in [0.2, 0.25) is 0 Å². The molecule has 1 aromatic carbocycles. The van der Waals surface area contributed by atoms with Gasteiger partial charge in [0.1, 0.15) is 0 Å². The molecule has 1 saturated heterocycles. The summed E-state index contributed by atoms with van der Waals surface area (Å²) in [7, 11) is 0. The summed E-state index contributed by atoms with van der Waals surface area (Å²) in [6, 6.07) is 8.15. The van der Waals surface area contributed by atoms with E-state index in [1.165, 1.54) is 0 Å². The molecule has 1 aliphatic rings. The van der Waals surface area contributed by atoms with Crippen LogP contribution in [0, 0.1) is 18.3 Å². The Kier molecular flexibility index (Phi) is 2.58. The van der Waals surface area contributed by atoms with Crippen LogP contribution in [0.1, 0.15) is 19.1 Å². The van der Waals surface area contributed by atoms with Crippen LogP contribution in [-0.2, 0) is 4.74 Å². The molecule has 0 amide bonds. The predicted molar refractivity (Wildman–Crippen MR) is 66.3 cm³/mol. The highest BCUT2D eigenvalue weighted by Crippen LogP contribution is 2.29. The minimum Gasteiger partial charge on any atom is -0.356 e. The molecule has 2 aromatic rings. The van der Waals surface area contributed by atoms with E-state index in [1.807, 2.05) is 23.0 Å². The van der Waals surface area contributed by atoms with Crippen molar-refractivity contribution in [1.29, 1.82) is 0 Å². The first-order chi connectivity index (χ1) is 8.38. The smallest absolute Gasteiger partial charge is 0.152 e. The lowest BCUT2D eigenvalue weighted by Crippen LogP contribution is -2.24. The molecular weight excluding hydrogens is 212 g/mol. The molecule has 86 valence electrons. The molecular formula is C14H14N2O. The fourth-order valence-corrected chi connectivity index (χ4v) is 2.32.